The molecule has 2 saturated heterocycles. The zero-order valence-corrected chi connectivity index (χ0v) is 16.7. The van der Waals surface area contributed by atoms with Crippen molar-refractivity contribution in [3.63, 3.8) is 0 Å². The molecule has 2 aliphatic heterocycles. The van der Waals surface area contributed by atoms with Gasteiger partial charge in [0, 0.05) is 38.6 Å². The van der Waals surface area contributed by atoms with Gasteiger partial charge in [0.25, 0.3) is 5.91 Å². The first kappa shape index (κ1) is 19.0. The van der Waals surface area contributed by atoms with Crippen molar-refractivity contribution in [1.29, 1.82) is 0 Å². The summed E-state index contributed by atoms with van der Waals surface area (Å²) in [4.78, 5) is 21.3. The Hall–Kier alpha value is -2.32. The van der Waals surface area contributed by atoms with Crippen molar-refractivity contribution in [3.05, 3.63) is 41.4 Å². The van der Waals surface area contributed by atoms with Gasteiger partial charge in [0.2, 0.25) is 11.8 Å². The lowest BCUT2D eigenvalue weighted by molar-refractivity contribution is 0.0592. The van der Waals surface area contributed by atoms with Crippen LogP contribution in [0, 0.1) is 12.3 Å². The van der Waals surface area contributed by atoms with Crippen LogP contribution in [0.5, 0.6) is 0 Å². The molecular formula is C20H27N5O3. The van der Waals surface area contributed by atoms with Crippen LogP contribution in [0.4, 0.5) is 0 Å². The van der Waals surface area contributed by atoms with Crippen molar-refractivity contribution in [2.45, 2.75) is 38.8 Å². The van der Waals surface area contributed by atoms with Gasteiger partial charge in [-0.05, 0) is 50.8 Å². The van der Waals surface area contributed by atoms with Gasteiger partial charge in [-0.3, -0.25) is 14.7 Å². The summed E-state index contributed by atoms with van der Waals surface area (Å²) in [6, 6.07) is 3.88. The predicted molar refractivity (Wildman–Crippen MR) is 102 cm³/mol. The highest BCUT2D eigenvalue weighted by atomic mass is 16.5. The molecule has 8 nitrogen and oxygen atoms in total. The quantitative estimate of drug-likeness (QED) is 0.798. The number of methoxy groups -OCH3 is 1. The maximum Gasteiger partial charge on any atom is 0.255 e. The minimum atomic E-state index is 0.0753. The predicted octanol–water partition coefficient (Wildman–Crippen LogP) is 2.22. The first-order valence-corrected chi connectivity index (χ1v) is 9.73. The molecule has 0 aliphatic carbocycles. The van der Waals surface area contributed by atoms with E-state index in [2.05, 4.69) is 27.1 Å². The number of carbonyl (C=O) groups excluding carboxylic acids is 1. The van der Waals surface area contributed by atoms with E-state index < -0.39 is 0 Å². The van der Waals surface area contributed by atoms with Crippen molar-refractivity contribution in [2.75, 3.05) is 33.8 Å². The van der Waals surface area contributed by atoms with Crippen LogP contribution in [0.1, 0.15) is 53.1 Å². The van der Waals surface area contributed by atoms with Crippen molar-refractivity contribution < 1.29 is 13.9 Å². The second-order valence-electron chi connectivity index (χ2n) is 8.08. The molecular weight excluding hydrogens is 358 g/mol. The van der Waals surface area contributed by atoms with E-state index in [4.69, 9.17) is 9.15 Å². The number of amides is 1. The molecule has 8 heteroatoms. The lowest BCUT2D eigenvalue weighted by Gasteiger charge is -2.39. The highest BCUT2D eigenvalue weighted by Crippen LogP contribution is 2.48. The molecule has 1 atom stereocenters. The number of aryl methyl sites for hydroxylation is 1. The first-order valence-electron chi connectivity index (χ1n) is 9.73. The van der Waals surface area contributed by atoms with E-state index in [1.165, 1.54) is 0 Å². The normalized spacial score (nSPS) is 22.1. The van der Waals surface area contributed by atoms with Crippen molar-refractivity contribution in [3.8, 4) is 0 Å². The zero-order chi connectivity index (χ0) is 19.7. The van der Waals surface area contributed by atoms with Crippen LogP contribution in [0.25, 0.3) is 0 Å². The number of hydrogen-bond acceptors (Lipinski definition) is 7. The van der Waals surface area contributed by atoms with Crippen LogP contribution in [0.15, 0.2) is 22.7 Å². The maximum atomic E-state index is 12.8. The fraction of sp³-hybridized carbons (Fsp3) is 0.600. The van der Waals surface area contributed by atoms with Gasteiger partial charge < -0.3 is 14.1 Å². The molecule has 2 aromatic rings. The maximum absolute atomic E-state index is 12.8. The SMILES string of the molecule is COCc1nnc(C2CC3(CCN(C(=O)c4ccc(C)nc4)CC3)CN2C)o1. The molecule has 1 spiro atoms. The second-order valence-corrected chi connectivity index (χ2v) is 8.08. The molecule has 0 aromatic carbocycles. The van der Waals surface area contributed by atoms with E-state index in [0.29, 0.717) is 24.0 Å². The fourth-order valence-corrected chi connectivity index (χ4v) is 4.45. The Morgan fingerprint density at radius 2 is 2.11 bits per heavy atom. The highest BCUT2D eigenvalue weighted by Gasteiger charge is 2.47. The third-order valence-electron chi connectivity index (χ3n) is 6.05. The number of carbonyl (C=O) groups is 1. The van der Waals surface area contributed by atoms with Gasteiger partial charge in [0.15, 0.2) is 0 Å². The molecule has 4 heterocycles. The van der Waals surface area contributed by atoms with E-state index >= 15 is 0 Å². The van der Waals surface area contributed by atoms with Crippen molar-refractivity contribution in [2.24, 2.45) is 5.41 Å². The summed E-state index contributed by atoms with van der Waals surface area (Å²) >= 11 is 0. The van der Waals surface area contributed by atoms with E-state index in [1.54, 1.807) is 13.3 Å². The van der Waals surface area contributed by atoms with Crippen LogP contribution < -0.4 is 0 Å². The molecule has 150 valence electrons. The van der Waals surface area contributed by atoms with Gasteiger partial charge in [-0.2, -0.15) is 0 Å². The number of aromatic nitrogens is 3. The molecule has 2 aliphatic rings. The first-order chi connectivity index (χ1) is 13.5. The topological polar surface area (TPSA) is 84.6 Å². The highest BCUT2D eigenvalue weighted by molar-refractivity contribution is 5.94. The molecule has 0 N–H and O–H groups in total. The standard InChI is InChI=1S/C20H27N5O3/c1-14-4-5-15(11-21-14)19(26)25-8-6-20(7-9-25)10-16(24(2)13-20)18-23-22-17(28-18)12-27-3/h4-5,11,16H,6-10,12-13H2,1-3H3. The van der Waals surface area contributed by atoms with E-state index in [1.807, 2.05) is 24.0 Å². The molecule has 0 radical (unpaired) electrons. The molecule has 0 bridgehead atoms. The Morgan fingerprint density at radius 3 is 2.79 bits per heavy atom. The molecule has 0 saturated carbocycles. The fourth-order valence-electron chi connectivity index (χ4n) is 4.45. The smallest absolute Gasteiger partial charge is 0.255 e. The lowest BCUT2D eigenvalue weighted by Crippen LogP contribution is -2.44. The number of piperidine rings is 1. The number of nitrogens with zero attached hydrogens (tertiary/aromatic N) is 5. The number of rotatable bonds is 4. The Bertz CT molecular complexity index is 827. The van der Waals surface area contributed by atoms with Gasteiger partial charge in [0.1, 0.15) is 6.61 Å². The molecule has 2 aromatic heterocycles. The van der Waals surface area contributed by atoms with E-state index in [-0.39, 0.29) is 17.4 Å². The summed E-state index contributed by atoms with van der Waals surface area (Å²) in [5, 5.41) is 8.29. The summed E-state index contributed by atoms with van der Waals surface area (Å²) in [5.41, 5.74) is 1.78. The van der Waals surface area contributed by atoms with Crippen LogP contribution in [0.2, 0.25) is 0 Å². The lowest BCUT2D eigenvalue weighted by atomic mass is 9.76. The van der Waals surface area contributed by atoms with Crippen LogP contribution in [-0.2, 0) is 11.3 Å². The number of pyridine rings is 1. The third-order valence-corrected chi connectivity index (χ3v) is 6.05. The van der Waals surface area contributed by atoms with Gasteiger partial charge in [-0.1, -0.05) is 0 Å². The van der Waals surface area contributed by atoms with Gasteiger partial charge in [-0.15, -0.1) is 10.2 Å². The minimum Gasteiger partial charge on any atom is -0.421 e. The Labute approximate surface area is 164 Å². The minimum absolute atomic E-state index is 0.0753. The van der Waals surface area contributed by atoms with Crippen LogP contribution >= 0.6 is 0 Å². The number of hydrogen-bond donors (Lipinski definition) is 0. The number of ether oxygens (including phenoxy) is 1. The Kier molecular flexibility index (Phi) is 5.16. The van der Waals surface area contributed by atoms with Gasteiger partial charge in [-0.25, -0.2) is 0 Å². The molecule has 1 amide bonds. The van der Waals surface area contributed by atoms with Gasteiger partial charge in [0.05, 0.1) is 11.6 Å². The third kappa shape index (κ3) is 3.66. The molecule has 1 unspecified atom stereocenters. The summed E-state index contributed by atoms with van der Waals surface area (Å²) in [7, 11) is 3.72. The largest absolute Gasteiger partial charge is 0.421 e. The summed E-state index contributed by atoms with van der Waals surface area (Å²) in [6.07, 6.45) is 4.62. The Balaban J connectivity index is 1.39. The summed E-state index contributed by atoms with van der Waals surface area (Å²) in [6.45, 7) is 4.78. The average Bonchev–Trinajstić information content (AvgIpc) is 3.27. The number of likely N-dealkylation sites (tertiary alicyclic amines) is 2. The zero-order valence-electron chi connectivity index (χ0n) is 16.7. The molecule has 2 fully saturated rings. The van der Waals surface area contributed by atoms with Crippen molar-refractivity contribution >= 4 is 5.91 Å². The molecule has 28 heavy (non-hydrogen) atoms. The Morgan fingerprint density at radius 1 is 1.32 bits per heavy atom. The van der Waals surface area contributed by atoms with Crippen molar-refractivity contribution in [1.82, 2.24) is 25.0 Å². The summed E-state index contributed by atoms with van der Waals surface area (Å²) < 4.78 is 10.8. The molecule has 4 rings (SSSR count). The van der Waals surface area contributed by atoms with Crippen LogP contribution in [-0.4, -0.2) is 64.7 Å². The van der Waals surface area contributed by atoms with Crippen LogP contribution in [0.3, 0.4) is 0 Å². The van der Waals surface area contributed by atoms with Gasteiger partial charge >= 0.3 is 0 Å². The monoisotopic (exact) mass is 385 g/mol. The van der Waals surface area contributed by atoms with E-state index in [9.17, 15) is 4.79 Å². The second kappa shape index (κ2) is 7.60. The summed E-state index contributed by atoms with van der Waals surface area (Å²) in [5.74, 6) is 1.25. The van der Waals surface area contributed by atoms with E-state index in [0.717, 1.165) is 44.6 Å². The average molecular weight is 385 g/mol.